The first-order valence-electron chi connectivity index (χ1n) is 11.8. The molecule has 2 heterocycles. The molecule has 2 amide bonds. The van der Waals surface area contributed by atoms with E-state index in [4.69, 9.17) is 0 Å². The molecule has 0 unspecified atom stereocenters. The maximum absolute atomic E-state index is 13.9. The first-order valence-corrected chi connectivity index (χ1v) is 12.6. The molecular formula is C27H31N5O2S. The van der Waals surface area contributed by atoms with E-state index < -0.39 is 11.6 Å². The number of nitrogens with one attached hydrogen (secondary N) is 1. The van der Waals surface area contributed by atoms with Gasteiger partial charge in [-0.3, -0.25) is 9.59 Å². The molecule has 7 nitrogen and oxygen atoms in total. The highest BCUT2D eigenvalue weighted by atomic mass is 32.1. The number of rotatable bonds is 8. The van der Waals surface area contributed by atoms with E-state index in [-0.39, 0.29) is 18.4 Å². The number of aromatic nitrogens is 3. The molecule has 35 heavy (non-hydrogen) atoms. The summed E-state index contributed by atoms with van der Waals surface area (Å²) in [6, 6.07) is 18.6. The van der Waals surface area contributed by atoms with Crippen LogP contribution in [0.4, 0.5) is 0 Å². The van der Waals surface area contributed by atoms with Crippen molar-refractivity contribution in [3.05, 3.63) is 82.0 Å². The maximum Gasteiger partial charge on any atom is 0.247 e. The van der Waals surface area contributed by atoms with Crippen molar-refractivity contribution in [3.63, 3.8) is 0 Å². The summed E-state index contributed by atoms with van der Waals surface area (Å²) >= 11 is 1.56. The van der Waals surface area contributed by atoms with Crippen LogP contribution in [0.15, 0.2) is 66.0 Å². The van der Waals surface area contributed by atoms with Gasteiger partial charge in [-0.25, -0.2) is 4.68 Å². The number of fused-ring (bicyclic) bond motifs is 1. The predicted octanol–water partition coefficient (Wildman–Crippen LogP) is 4.74. The Hall–Kier alpha value is -3.52. The van der Waals surface area contributed by atoms with Crippen molar-refractivity contribution in [2.75, 3.05) is 0 Å². The van der Waals surface area contributed by atoms with Crippen LogP contribution in [0.5, 0.6) is 0 Å². The zero-order valence-corrected chi connectivity index (χ0v) is 21.4. The third-order valence-corrected chi connectivity index (χ3v) is 6.55. The van der Waals surface area contributed by atoms with Crippen LogP contribution < -0.4 is 5.32 Å². The van der Waals surface area contributed by atoms with Gasteiger partial charge in [0.05, 0.1) is 12.1 Å². The molecule has 0 aliphatic heterocycles. The average molecular weight is 490 g/mol. The Bertz CT molecular complexity index is 1290. The van der Waals surface area contributed by atoms with E-state index in [2.05, 4.69) is 22.6 Å². The van der Waals surface area contributed by atoms with Crippen LogP contribution in [0.2, 0.25) is 0 Å². The fraction of sp³-hybridized carbons (Fsp3) is 0.333. The number of hydrogen-bond donors (Lipinski definition) is 1. The number of carbonyl (C=O) groups excluding carboxylic acids is 2. The first-order chi connectivity index (χ1) is 16.7. The number of aryl methyl sites for hydroxylation is 1. The molecule has 8 heteroatoms. The number of benzene rings is 2. The van der Waals surface area contributed by atoms with Gasteiger partial charge in [-0.2, -0.15) is 0 Å². The van der Waals surface area contributed by atoms with Crippen LogP contribution in [0.3, 0.4) is 0 Å². The topological polar surface area (TPSA) is 80.1 Å². The second-order valence-electron chi connectivity index (χ2n) is 9.57. The number of amides is 2. The quantitative estimate of drug-likeness (QED) is 0.388. The number of thiophene rings is 1. The van der Waals surface area contributed by atoms with Gasteiger partial charge in [0.25, 0.3) is 0 Å². The monoisotopic (exact) mass is 489 g/mol. The normalized spacial score (nSPS) is 12.5. The van der Waals surface area contributed by atoms with E-state index in [0.717, 1.165) is 27.9 Å². The molecule has 0 fully saturated rings. The molecule has 0 saturated carbocycles. The molecule has 0 bridgehead atoms. The summed E-state index contributed by atoms with van der Waals surface area (Å²) in [5, 5.41) is 13.4. The minimum Gasteiger partial charge on any atom is -0.349 e. The molecule has 0 aliphatic carbocycles. The van der Waals surface area contributed by atoms with Crippen LogP contribution in [0, 0.1) is 0 Å². The van der Waals surface area contributed by atoms with Gasteiger partial charge in [0.2, 0.25) is 11.8 Å². The van der Waals surface area contributed by atoms with Crippen molar-refractivity contribution in [2.24, 2.45) is 0 Å². The van der Waals surface area contributed by atoms with E-state index in [1.165, 1.54) is 5.56 Å². The standard InChI is InChI=1S/C27H31N5O2S/c1-5-19-12-14-20(15-13-19)25(26(34)28-27(2,3)4)31(17-21-9-8-16-35-21)24(33)18-32-23-11-7-6-10-22(23)29-30-32/h6-16,25H,5,17-18H2,1-4H3,(H,28,34)/t25-/m1/s1. The third-order valence-electron chi connectivity index (χ3n) is 5.69. The minimum atomic E-state index is -0.787. The van der Waals surface area contributed by atoms with E-state index in [1.807, 2.05) is 86.8 Å². The summed E-state index contributed by atoms with van der Waals surface area (Å²) < 4.78 is 1.60. The molecule has 0 spiro atoms. The Labute approximate surface area is 209 Å². The van der Waals surface area contributed by atoms with Gasteiger partial charge in [-0.15, -0.1) is 16.4 Å². The Morgan fingerprint density at radius 3 is 2.46 bits per heavy atom. The largest absolute Gasteiger partial charge is 0.349 e. The molecule has 4 rings (SSSR count). The molecule has 0 aliphatic rings. The zero-order chi connectivity index (χ0) is 25.0. The second-order valence-corrected chi connectivity index (χ2v) is 10.6. The molecule has 1 N–H and O–H groups in total. The SMILES string of the molecule is CCc1ccc([C@H](C(=O)NC(C)(C)C)N(Cc2cccs2)C(=O)Cn2nnc3ccccc32)cc1. The zero-order valence-electron chi connectivity index (χ0n) is 20.6. The molecule has 2 aromatic carbocycles. The smallest absolute Gasteiger partial charge is 0.247 e. The Kier molecular flexibility index (Phi) is 7.31. The van der Waals surface area contributed by atoms with Crippen molar-refractivity contribution < 1.29 is 9.59 Å². The molecule has 2 aromatic heterocycles. The van der Waals surface area contributed by atoms with Gasteiger partial charge in [-0.05, 0) is 61.9 Å². The molecule has 0 radical (unpaired) electrons. The molecule has 182 valence electrons. The van der Waals surface area contributed by atoms with Crippen molar-refractivity contribution in [2.45, 2.75) is 58.8 Å². The summed E-state index contributed by atoms with van der Waals surface area (Å²) in [5.41, 5.74) is 3.01. The van der Waals surface area contributed by atoms with E-state index in [0.29, 0.717) is 6.54 Å². The lowest BCUT2D eigenvalue weighted by Gasteiger charge is -2.33. The third kappa shape index (κ3) is 5.95. The minimum absolute atomic E-state index is 0.0156. The van der Waals surface area contributed by atoms with E-state index >= 15 is 0 Å². The molecule has 4 aromatic rings. The predicted molar refractivity (Wildman–Crippen MR) is 139 cm³/mol. The lowest BCUT2D eigenvalue weighted by molar-refractivity contribution is -0.142. The lowest BCUT2D eigenvalue weighted by atomic mass is 9.99. The Morgan fingerprint density at radius 1 is 1.06 bits per heavy atom. The van der Waals surface area contributed by atoms with Crippen molar-refractivity contribution in [1.29, 1.82) is 0 Å². The van der Waals surface area contributed by atoms with Crippen LogP contribution in [-0.4, -0.2) is 37.2 Å². The van der Waals surface area contributed by atoms with E-state index in [1.54, 1.807) is 20.9 Å². The summed E-state index contributed by atoms with van der Waals surface area (Å²) in [6.07, 6.45) is 0.899. The van der Waals surface area contributed by atoms with Crippen LogP contribution >= 0.6 is 11.3 Å². The molecular weight excluding hydrogens is 458 g/mol. The summed E-state index contributed by atoms with van der Waals surface area (Å²) in [6.45, 7) is 8.21. The fourth-order valence-electron chi connectivity index (χ4n) is 3.99. The van der Waals surface area contributed by atoms with Gasteiger partial charge in [0.15, 0.2) is 0 Å². The highest BCUT2D eigenvalue weighted by Gasteiger charge is 2.34. The number of para-hydroxylation sites is 1. The first kappa shape index (κ1) is 24.6. The number of hydrogen-bond acceptors (Lipinski definition) is 5. The molecule has 0 saturated heterocycles. The van der Waals surface area contributed by atoms with Crippen molar-refractivity contribution >= 4 is 34.2 Å². The second kappa shape index (κ2) is 10.4. The van der Waals surface area contributed by atoms with Gasteiger partial charge < -0.3 is 10.2 Å². The fourth-order valence-corrected chi connectivity index (χ4v) is 4.70. The summed E-state index contributed by atoms with van der Waals surface area (Å²) in [4.78, 5) is 30.2. The van der Waals surface area contributed by atoms with Gasteiger partial charge in [0.1, 0.15) is 18.1 Å². The van der Waals surface area contributed by atoms with Crippen LogP contribution in [0.1, 0.15) is 49.7 Å². The van der Waals surface area contributed by atoms with Crippen molar-refractivity contribution in [1.82, 2.24) is 25.2 Å². The van der Waals surface area contributed by atoms with Gasteiger partial charge in [0, 0.05) is 10.4 Å². The lowest BCUT2D eigenvalue weighted by Crippen LogP contribution is -2.49. The van der Waals surface area contributed by atoms with Crippen molar-refractivity contribution in [3.8, 4) is 0 Å². The molecule has 1 atom stereocenters. The van der Waals surface area contributed by atoms with Crippen LogP contribution in [-0.2, 0) is 29.1 Å². The van der Waals surface area contributed by atoms with E-state index in [9.17, 15) is 9.59 Å². The maximum atomic E-state index is 13.9. The summed E-state index contributed by atoms with van der Waals surface area (Å²) in [5.74, 6) is -0.419. The van der Waals surface area contributed by atoms with Gasteiger partial charge >= 0.3 is 0 Å². The summed E-state index contributed by atoms with van der Waals surface area (Å²) in [7, 11) is 0. The Balaban J connectivity index is 1.74. The number of nitrogens with zero attached hydrogens (tertiary/aromatic N) is 4. The highest BCUT2D eigenvalue weighted by molar-refractivity contribution is 7.09. The van der Waals surface area contributed by atoms with Gasteiger partial charge in [-0.1, -0.05) is 54.6 Å². The number of carbonyl (C=O) groups is 2. The Morgan fingerprint density at radius 2 is 1.80 bits per heavy atom. The highest BCUT2D eigenvalue weighted by Crippen LogP contribution is 2.27. The average Bonchev–Trinajstić information content (AvgIpc) is 3.48. The van der Waals surface area contributed by atoms with Crippen LogP contribution in [0.25, 0.3) is 11.0 Å².